The van der Waals surface area contributed by atoms with Gasteiger partial charge in [-0.2, -0.15) is 0 Å². The van der Waals surface area contributed by atoms with Crippen LogP contribution >= 0.6 is 0 Å². The first-order chi connectivity index (χ1) is 13.0. The van der Waals surface area contributed by atoms with Crippen LogP contribution in [-0.4, -0.2) is 41.3 Å². The van der Waals surface area contributed by atoms with Crippen molar-refractivity contribution in [2.75, 3.05) is 20.2 Å². The third-order valence-corrected chi connectivity index (χ3v) is 6.08. The van der Waals surface area contributed by atoms with Crippen molar-refractivity contribution in [3.63, 3.8) is 0 Å². The maximum atomic E-state index is 12.8. The highest BCUT2D eigenvalue weighted by Crippen LogP contribution is 2.51. The molecule has 0 bridgehead atoms. The van der Waals surface area contributed by atoms with E-state index >= 15 is 0 Å². The summed E-state index contributed by atoms with van der Waals surface area (Å²) in [5.74, 6) is 1.70. The number of aryl methyl sites for hydroxylation is 1. The number of carbonyl (C=O) groups excluding carboxylic acids is 1. The minimum atomic E-state index is -0.925. The van der Waals surface area contributed by atoms with Crippen molar-refractivity contribution in [1.82, 2.24) is 10.1 Å². The van der Waals surface area contributed by atoms with E-state index in [0.717, 1.165) is 36.3 Å². The van der Waals surface area contributed by atoms with Crippen LogP contribution in [0.15, 0.2) is 34.9 Å². The van der Waals surface area contributed by atoms with E-state index in [1.165, 1.54) is 0 Å². The number of hydrogen-bond acceptors (Lipinski definition) is 5. The van der Waals surface area contributed by atoms with Crippen molar-refractivity contribution in [3.05, 3.63) is 47.3 Å². The molecule has 0 spiro atoms. The van der Waals surface area contributed by atoms with Crippen LogP contribution in [0.1, 0.15) is 48.0 Å². The molecular formula is C21H26N2O4. The minimum Gasteiger partial charge on any atom is -0.497 e. The Morgan fingerprint density at radius 3 is 3.04 bits per heavy atom. The van der Waals surface area contributed by atoms with Crippen LogP contribution in [-0.2, 0) is 12.0 Å². The smallest absolute Gasteiger partial charge is 0.276 e. The molecule has 1 aromatic heterocycles. The predicted molar refractivity (Wildman–Crippen MR) is 99.5 cm³/mol. The maximum absolute atomic E-state index is 12.8. The van der Waals surface area contributed by atoms with E-state index in [1.54, 1.807) is 13.2 Å². The third-order valence-electron chi connectivity index (χ3n) is 6.08. The molecule has 1 aliphatic carbocycles. The Morgan fingerprint density at radius 2 is 2.26 bits per heavy atom. The summed E-state index contributed by atoms with van der Waals surface area (Å²) in [6.45, 7) is 3.25. The van der Waals surface area contributed by atoms with Gasteiger partial charge in [0.05, 0.1) is 12.7 Å². The highest BCUT2D eigenvalue weighted by Gasteiger charge is 2.53. The number of nitrogens with zero attached hydrogens (tertiary/aromatic N) is 2. The lowest BCUT2D eigenvalue weighted by atomic mass is 9.82. The van der Waals surface area contributed by atoms with Gasteiger partial charge in [-0.1, -0.05) is 24.2 Å². The molecule has 2 aromatic rings. The highest BCUT2D eigenvalue weighted by atomic mass is 16.5. The average Bonchev–Trinajstić information content (AvgIpc) is 3.39. The fraction of sp³-hybridized carbons (Fsp3) is 0.524. The van der Waals surface area contributed by atoms with Gasteiger partial charge in [-0.05, 0) is 42.9 Å². The van der Waals surface area contributed by atoms with Gasteiger partial charge in [0.1, 0.15) is 11.5 Å². The van der Waals surface area contributed by atoms with E-state index in [9.17, 15) is 9.90 Å². The molecule has 1 saturated carbocycles. The van der Waals surface area contributed by atoms with Crippen molar-refractivity contribution in [2.45, 2.75) is 38.2 Å². The Kier molecular flexibility index (Phi) is 4.68. The molecule has 2 fully saturated rings. The molecule has 144 valence electrons. The Bertz CT molecular complexity index is 833. The van der Waals surface area contributed by atoms with Crippen LogP contribution in [0.2, 0.25) is 0 Å². The summed E-state index contributed by atoms with van der Waals surface area (Å²) in [4.78, 5) is 14.7. The van der Waals surface area contributed by atoms with Crippen LogP contribution in [0, 0.1) is 11.8 Å². The van der Waals surface area contributed by atoms with Gasteiger partial charge in [0.2, 0.25) is 0 Å². The second-order valence-electron chi connectivity index (χ2n) is 7.70. The number of methoxy groups -OCH3 is 1. The second-order valence-corrected chi connectivity index (χ2v) is 7.70. The standard InChI is InChI=1S/C21H26N2O4/c1-3-5-17-11-19(22-27-17)20(24)23-12-14-8-9-21(25,18(14)13-23)15-6-4-7-16(10-15)26-2/h4,6-7,10-11,14,18,25H,3,5,8-9,12-13H2,1-2H3/t14-,18-,21-/m0/s1. The first-order valence-corrected chi connectivity index (χ1v) is 9.67. The minimum absolute atomic E-state index is 0.0237. The molecule has 4 rings (SSSR count). The van der Waals surface area contributed by atoms with Crippen LogP contribution in [0.25, 0.3) is 0 Å². The number of ether oxygens (including phenoxy) is 1. The molecule has 1 N–H and O–H groups in total. The zero-order chi connectivity index (χ0) is 19.0. The second kappa shape index (κ2) is 7.00. The quantitative estimate of drug-likeness (QED) is 0.876. The monoisotopic (exact) mass is 370 g/mol. The Labute approximate surface area is 159 Å². The topological polar surface area (TPSA) is 75.8 Å². The van der Waals surface area contributed by atoms with Crippen LogP contribution in [0.3, 0.4) is 0 Å². The normalized spacial score (nSPS) is 27.0. The number of amides is 1. The summed E-state index contributed by atoms with van der Waals surface area (Å²) in [5.41, 5.74) is 0.310. The van der Waals surface area contributed by atoms with Crippen LogP contribution < -0.4 is 4.74 Å². The van der Waals surface area contributed by atoms with E-state index in [4.69, 9.17) is 9.26 Å². The zero-order valence-corrected chi connectivity index (χ0v) is 15.9. The number of aromatic nitrogens is 1. The molecule has 6 heteroatoms. The number of rotatable bonds is 5. The molecule has 3 atom stereocenters. The van der Waals surface area contributed by atoms with E-state index in [1.807, 2.05) is 29.2 Å². The summed E-state index contributed by atoms with van der Waals surface area (Å²) in [6, 6.07) is 9.38. The van der Waals surface area contributed by atoms with Gasteiger partial charge in [0.25, 0.3) is 5.91 Å². The molecule has 0 radical (unpaired) electrons. The van der Waals surface area contributed by atoms with E-state index < -0.39 is 5.60 Å². The van der Waals surface area contributed by atoms with Gasteiger partial charge < -0.3 is 19.3 Å². The van der Waals surface area contributed by atoms with Crippen molar-refractivity contribution < 1.29 is 19.2 Å². The SMILES string of the molecule is CCCc1cc(C(=O)N2C[C@@H]3CC[C@](O)(c4cccc(OC)c4)[C@H]3C2)no1. The van der Waals surface area contributed by atoms with Gasteiger partial charge in [-0.25, -0.2) is 0 Å². The zero-order valence-electron chi connectivity index (χ0n) is 15.9. The average molecular weight is 370 g/mol. The highest BCUT2D eigenvalue weighted by molar-refractivity contribution is 5.92. The van der Waals surface area contributed by atoms with Crippen molar-refractivity contribution in [3.8, 4) is 5.75 Å². The molecule has 1 amide bonds. The van der Waals surface area contributed by atoms with Crippen LogP contribution in [0.5, 0.6) is 5.75 Å². The molecule has 0 unspecified atom stereocenters. The Hall–Kier alpha value is -2.34. The lowest BCUT2D eigenvalue weighted by Crippen LogP contribution is -2.36. The number of carbonyl (C=O) groups is 1. The number of benzene rings is 1. The largest absolute Gasteiger partial charge is 0.497 e. The van der Waals surface area contributed by atoms with E-state index in [2.05, 4.69) is 12.1 Å². The van der Waals surface area contributed by atoms with Gasteiger partial charge in [0, 0.05) is 31.5 Å². The number of likely N-dealkylation sites (tertiary alicyclic amines) is 1. The molecular weight excluding hydrogens is 344 g/mol. The molecule has 2 aliphatic rings. The summed E-state index contributed by atoms with van der Waals surface area (Å²) in [7, 11) is 1.63. The number of fused-ring (bicyclic) bond motifs is 1. The van der Waals surface area contributed by atoms with Gasteiger partial charge in [-0.15, -0.1) is 0 Å². The van der Waals surface area contributed by atoms with Crippen LogP contribution in [0.4, 0.5) is 0 Å². The van der Waals surface area contributed by atoms with E-state index in [0.29, 0.717) is 31.1 Å². The Morgan fingerprint density at radius 1 is 1.41 bits per heavy atom. The first kappa shape index (κ1) is 18.0. The first-order valence-electron chi connectivity index (χ1n) is 9.67. The summed E-state index contributed by atoms with van der Waals surface area (Å²) < 4.78 is 10.6. The summed E-state index contributed by atoms with van der Waals surface area (Å²) in [6.07, 6.45) is 3.34. The Balaban J connectivity index is 1.52. The van der Waals surface area contributed by atoms with Crippen molar-refractivity contribution in [1.29, 1.82) is 0 Å². The van der Waals surface area contributed by atoms with Crippen molar-refractivity contribution >= 4 is 5.91 Å². The molecule has 6 nitrogen and oxygen atoms in total. The molecule has 1 aromatic carbocycles. The van der Waals surface area contributed by atoms with Gasteiger partial charge in [-0.3, -0.25) is 4.79 Å². The lowest BCUT2D eigenvalue weighted by molar-refractivity contribution is -0.00608. The lowest BCUT2D eigenvalue weighted by Gasteiger charge is -2.31. The molecule has 2 heterocycles. The summed E-state index contributed by atoms with van der Waals surface area (Å²) in [5, 5.41) is 15.4. The third kappa shape index (κ3) is 3.12. The number of aliphatic hydroxyl groups is 1. The molecule has 1 aliphatic heterocycles. The van der Waals surface area contributed by atoms with Crippen molar-refractivity contribution in [2.24, 2.45) is 11.8 Å². The summed E-state index contributed by atoms with van der Waals surface area (Å²) >= 11 is 0. The fourth-order valence-electron chi connectivity index (χ4n) is 4.65. The maximum Gasteiger partial charge on any atom is 0.276 e. The molecule has 1 saturated heterocycles. The fourth-order valence-corrected chi connectivity index (χ4v) is 4.65. The molecule has 27 heavy (non-hydrogen) atoms. The van der Waals surface area contributed by atoms with Gasteiger partial charge in [0.15, 0.2) is 5.69 Å². The van der Waals surface area contributed by atoms with E-state index in [-0.39, 0.29) is 11.8 Å². The number of hydrogen-bond donors (Lipinski definition) is 1. The predicted octanol–water partition coefficient (Wildman–Crippen LogP) is 3.01. The van der Waals surface area contributed by atoms with Gasteiger partial charge >= 0.3 is 0 Å².